The van der Waals surface area contributed by atoms with E-state index < -0.39 is 5.97 Å². The van der Waals surface area contributed by atoms with Crippen LogP contribution in [-0.4, -0.2) is 19.1 Å². The molecule has 3 aromatic carbocycles. The molecule has 0 unspecified atom stereocenters. The second kappa shape index (κ2) is 7.98. The van der Waals surface area contributed by atoms with Crippen molar-refractivity contribution in [1.29, 1.82) is 0 Å². The minimum absolute atomic E-state index is 0.360. The second-order valence-corrected chi connectivity index (χ2v) is 5.56. The molecule has 0 heterocycles. The highest BCUT2D eigenvalue weighted by Gasteiger charge is 2.14. The Kier molecular flexibility index (Phi) is 5.29. The fraction of sp³-hybridized carbons (Fsp3) is 0.0476. The first kappa shape index (κ1) is 17.2. The van der Waals surface area contributed by atoms with E-state index in [4.69, 9.17) is 4.74 Å². The second-order valence-electron chi connectivity index (χ2n) is 5.56. The molecule has 0 aliphatic heterocycles. The SMILES string of the molecule is COC(=O)c1ccc(NC(=O)Nc2ccccc2)cc1-c1ccccc1. The van der Waals surface area contributed by atoms with Crippen LogP contribution >= 0.6 is 0 Å². The fourth-order valence-electron chi connectivity index (χ4n) is 2.58. The molecule has 3 rings (SSSR count). The van der Waals surface area contributed by atoms with Gasteiger partial charge in [-0.1, -0.05) is 48.5 Å². The highest BCUT2D eigenvalue weighted by atomic mass is 16.5. The molecule has 5 nitrogen and oxygen atoms in total. The summed E-state index contributed by atoms with van der Waals surface area (Å²) in [7, 11) is 1.34. The molecule has 0 spiro atoms. The topological polar surface area (TPSA) is 67.4 Å². The molecule has 0 bridgehead atoms. The maximum Gasteiger partial charge on any atom is 0.338 e. The fourth-order valence-corrected chi connectivity index (χ4v) is 2.58. The standard InChI is InChI=1S/C21H18N2O3/c1-26-20(24)18-13-12-17(14-19(18)15-8-4-2-5-9-15)23-21(25)22-16-10-6-3-7-11-16/h2-14H,1H3,(H2,22,23,25). The number of urea groups is 1. The maximum absolute atomic E-state index is 12.2. The van der Waals surface area contributed by atoms with Crippen molar-refractivity contribution in [3.8, 4) is 11.1 Å². The van der Waals surface area contributed by atoms with Crippen molar-refractivity contribution in [3.05, 3.63) is 84.4 Å². The van der Waals surface area contributed by atoms with Crippen LogP contribution in [0.4, 0.5) is 16.2 Å². The number of ether oxygens (including phenoxy) is 1. The van der Waals surface area contributed by atoms with Crippen molar-refractivity contribution in [2.45, 2.75) is 0 Å². The number of hydrogen-bond donors (Lipinski definition) is 2. The highest BCUT2D eigenvalue weighted by Crippen LogP contribution is 2.27. The summed E-state index contributed by atoms with van der Waals surface area (Å²) < 4.78 is 4.86. The molecule has 26 heavy (non-hydrogen) atoms. The lowest BCUT2D eigenvalue weighted by Gasteiger charge is -2.12. The third-order valence-electron chi connectivity index (χ3n) is 3.80. The number of carbonyl (C=O) groups is 2. The Hall–Kier alpha value is -3.60. The largest absolute Gasteiger partial charge is 0.465 e. The molecule has 0 aromatic heterocycles. The van der Waals surface area contributed by atoms with Crippen molar-refractivity contribution in [2.75, 3.05) is 17.7 Å². The maximum atomic E-state index is 12.2. The molecule has 0 aliphatic carbocycles. The van der Waals surface area contributed by atoms with Gasteiger partial charge in [-0.2, -0.15) is 0 Å². The third-order valence-corrected chi connectivity index (χ3v) is 3.80. The van der Waals surface area contributed by atoms with E-state index >= 15 is 0 Å². The molecular weight excluding hydrogens is 328 g/mol. The van der Waals surface area contributed by atoms with Crippen molar-refractivity contribution in [2.24, 2.45) is 0 Å². The molecule has 0 aliphatic rings. The molecule has 0 atom stereocenters. The molecule has 5 heteroatoms. The van der Waals surface area contributed by atoms with Gasteiger partial charge in [-0.05, 0) is 41.5 Å². The molecule has 2 N–H and O–H groups in total. The summed E-state index contributed by atoms with van der Waals surface area (Å²) in [6, 6.07) is 23.3. The van der Waals surface area contributed by atoms with Gasteiger partial charge in [0.05, 0.1) is 12.7 Å². The minimum Gasteiger partial charge on any atom is -0.465 e. The molecule has 3 aromatic rings. The number of carbonyl (C=O) groups excluding carboxylic acids is 2. The summed E-state index contributed by atoms with van der Waals surface area (Å²) in [6.45, 7) is 0. The normalized spacial score (nSPS) is 10.0. The van der Waals surface area contributed by atoms with Gasteiger partial charge in [-0.25, -0.2) is 9.59 Å². The van der Waals surface area contributed by atoms with Crippen LogP contribution < -0.4 is 10.6 Å². The number of benzene rings is 3. The number of rotatable bonds is 4. The zero-order valence-electron chi connectivity index (χ0n) is 14.2. The quantitative estimate of drug-likeness (QED) is 0.668. The summed E-state index contributed by atoms with van der Waals surface area (Å²) in [5, 5.41) is 5.54. The summed E-state index contributed by atoms with van der Waals surface area (Å²) in [4.78, 5) is 24.3. The molecule has 0 saturated carbocycles. The van der Waals surface area contributed by atoms with Gasteiger partial charge >= 0.3 is 12.0 Å². The Morgan fingerprint density at radius 3 is 2.04 bits per heavy atom. The van der Waals surface area contributed by atoms with Crippen molar-refractivity contribution >= 4 is 23.4 Å². The van der Waals surface area contributed by atoms with Crippen LogP contribution in [0.15, 0.2) is 78.9 Å². The van der Waals surface area contributed by atoms with Gasteiger partial charge in [0.1, 0.15) is 0 Å². The monoisotopic (exact) mass is 346 g/mol. The van der Waals surface area contributed by atoms with Crippen molar-refractivity contribution in [1.82, 2.24) is 0 Å². The molecular formula is C21H18N2O3. The zero-order valence-corrected chi connectivity index (χ0v) is 14.2. The van der Waals surface area contributed by atoms with E-state index in [1.165, 1.54) is 7.11 Å². The van der Waals surface area contributed by atoms with Gasteiger partial charge in [0.2, 0.25) is 0 Å². The Morgan fingerprint density at radius 2 is 1.38 bits per heavy atom. The summed E-state index contributed by atoms with van der Waals surface area (Å²) in [5.74, 6) is -0.427. The predicted octanol–water partition coefficient (Wildman–Crippen LogP) is 4.78. The van der Waals surface area contributed by atoms with Crippen LogP contribution in [0.3, 0.4) is 0 Å². The van der Waals surface area contributed by atoms with E-state index in [0.717, 1.165) is 5.56 Å². The minimum atomic E-state index is -0.427. The predicted molar refractivity (Wildman–Crippen MR) is 102 cm³/mol. The first-order chi connectivity index (χ1) is 12.7. The van der Waals surface area contributed by atoms with Crippen molar-refractivity contribution in [3.63, 3.8) is 0 Å². The third kappa shape index (κ3) is 4.08. The lowest BCUT2D eigenvalue weighted by Crippen LogP contribution is -2.19. The Morgan fingerprint density at radius 1 is 0.769 bits per heavy atom. The van der Waals surface area contributed by atoms with Crippen LogP contribution in [0.5, 0.6) is 0 Å². The number of anilines is 2. The van der Waals surface area contributed by atoms with Crippen LogP contribution in [0, 0.1) is 0 Å². The lowest BCUT2D eigenvalue weighted by molar-refractivity contribution is 0.0601. The van der Waals surface area contributed by atoms with E-state index in [1.54, 1.807) is 30.3 Å². The molecule has 0 radical (unpaired) electrons. The van der Waals surface area contributed by atoms with E-state index in [1.807, 2.05) is 48.5 Å². The number of para-hydroxylation sites is 1. The summed E-state index contributed by atoms with van der Waals surface area (Å²) in [6.07, 6.45) is 0. The number of esters is 1. The molecule has 130 valence electrons. The number of methoxy groups -OCH3 is 1. The van der Waals surface area contributed by atoms with E-state index in [2.05, 4.69) is 10.6 Å². The van der Waals surface area contributed by atoms with Crippen LogP contribution in [0.2, 0.25) is 0 Å². The number of amides is 2. The van der Waals surface area contributed by atoms with E-state index in [-0.39, 0.29) is 6.03 Å². The first-order valence-electron chi connectivity index (χ1n) is 8.08. The van der Waals surface area contributed by atoms with Crippen LogP contribution in [0.1, 0.15) is 10.4 Å². The Balaban J connectivity index is 1.87. The molecule has 0 saturated heterocycles. The number of hydrogen-bond acceptors (Lipinski definition) is 3. The summed E-state index contributed by atoms with van der Waals surface area (Å²) in [5.41, 5.74) is 3.26. The van der Waals surface area contributed by atoms with Crippen molar-refractivity contribution < 1.29 is 14.3 Å². The van der Waals surface area contributed by atoms with Gasteiger partial charge in [0, 0.05) is 11.4 Å². The highest BCUT2D eigenvalue weighted by molar-refractivity contribution is 6.02. The van der Waals surface area contributed by atoms with Gasteiger partial charge in [0.25, 0.3) is 0 Å². The van der Waals surface area contributed by atoms with E-state index in [0.29, 0.717) is 22.5 Å². The Labute approximate surface area is 151 Å². The smallest absolute Gasteiger partial charge is 0.338 e. The van der Waals surface area contributed by atoms with Gasteiger partial charge < -0.3 is 15.4 Å². The summed E-state index contributed by atoms with van der Waals surface area (Å²) >= 11 is 0. The average molecular weight is 346 g/mol. The lowest BCUT2D eigenvalue weighted by atomic mass is 9.99. The van der Waals surface area contributed by atoms with Gasteiger partial charge in [-0.15, -0.1) is 0 Å². The van der Waals surface area contributed by atoms with Gasteiger partial charge in [-0.3, -0.25) is 0 Å². The number of nitrogens with one attached hydrogen (secondary N) is 2. The molecule has 0 fully saturated rings. The Bertz CT molecular complexity index is 909. The van der Waals surface area contributed by atoms with Gasteiger partial charge in [0.15, 0.2) is 0 Å². The van der Waals surface area contributed by atoms with Crippen LogP contribution in [-0.2, 0) is 4.74 Å². The molecule has 2 amide bonds. The average Bonchev–Trinajstić information content (AvgIpc) is 2.68. The van der Waals surface area contributed by atoms with E-state index in [9.17, 15) is 9.59 Å². The zero-order chi connectivity index (χ0) is 18.4. The first-order valence-corrected chi connectivity index (χ1v) is 8.08. The van der Waals surface area contributed by atoms with Crippen LogP contribution in [0.25, 0.3) is 11.1 Å².